The lowest BCUT2D eigenvalue weighted by atomic mass is 9.93. The number of nitrogens with two attached hydrogens (primary N) is 1. The van der Waals surface area contributed by atoms with Gasteiger partial charge in [0.05, 0.1) is 11.0 Å². The second kappa shape index (κ2) is 10.8. The number of aromatic nitrogens is 4. The highest BCUT2D eigenvalue weighted by atomic mass is 32.2. The Balaban J connectivity index is 1.18. The van der Waals surface area contributed by atoms with Gasteiger partial charge in [-0.25, -0.2) is 15.0 Å². The van der Waals surface area contributed by atoms with Gasteiger partial charge in [-0.15, -0.1) is 0 Å². The highest BCUT2D eigenvalue weighted by molar-refractivity contribution is 7.98. The molecule has 0 bridgehead atoms. The number of imidazole rings is 1. The smallest absolute Gasteiger partial charge is 0.225 e. The Hall–Kier alpha value is -2.54. The van der Waals surface area contributed by atoms with Crippen molar-refractivity contribution in [3.63, 3.8) is 0 Å². The number of thioether (sulfide) groups is 1. The van der Waals surface area contributed by atoms with Crippen LogP contribution >= 0.6 is 11.8 Å². The van der Waals surface area contributed by atoms with E-state index >= 15 is 0 Å². The van der Waals surface area contributed by atoms with Gasteiger partial charge >= 0.3 is 0 Å². The number of carbonyl (C=O) groups excluding carboxylic acids is 1. The van der Waals surface area contributed by atoms with Gasteiger partial charge in [0, 0.05) is 54.4 Å². The first-order chi connectivity index (χ1) is 17.4. The number of rotatable bonds is 6. The SMILES string of the molecule is CSc1nc2cc(S(=O)[O-])ccc2n1C1CCN(C(=O)C2CCN(Cc3cnc(N)nc3)CC2)CC1. The number of hydrogen-bond donors (Lipinski definition) is 1. The molecule has 4 heterocycles. The average molecular weight is 529 g/mol. The molecule has 2 fully saturated rings. The van der Waals surface area contributed by atoms with Crippen LogP contribution in [0.4, 0.5) is 5.95 Å². The molecule has 2 aliphatic heterocycles. The van der Waals surface area contributed by atoms with Crippen molar-refractivity contribution < 1.29 is 13.6 Å². The van der Waals surface area contributed by atoms with Crippen LogP contribution in [0.2, 0.25) is 0 Å². The van der Waals surface area contributed by atoms with E-state index in [-0.39, 0.29) is 28.7 Å². The summed E-state index contributed by atoms with van der Waals surface area (Å²) in [6.45, 7) is 3.98. The Morgan fingerprint density at radius 1 is 1.14 bits per heavy atom. The number of carbonyl (C=O) groups is 1. The van der Waals surface area contributed by atoms with Crippen LogP contribution in [0, 0.1) is 5.92 Å². The van der Waals surface area contributed by atoms with Gasteiger partial charge in [-0.05, 0) is 74.3 Å². The molecule has 5 rings (SSSR count). The lowest BCUT2D eigenvalue weighted by Gasteiger charge is -2.38. The standard InChI is InChI=1S/C24H31N7O3S2/c1-35-24-28-20-12-19(36(33)34)2-3-21(20)31(24)18-6-10-30(11-7-18)22(32)17-4-8-29(9-5-17)15-16-13-26-23(25)27-14-16/h2-3,12-14,17-18H,4-11,15H2,1H3,(H,33,34)(H2,25,26,27)/p-1. The molecule has 1 amide bonds. The van der Waals surface area contributed by atoms with Crippen LogP contribution in [-0.4, -0.2) is 76.4 Å². The maximum Gasteiger partial charge on any atom is 0.225 e. The number of piperidine rings is 2. The fourth-order valence-electron chi connectivity index (χ4n) is 5.30. The van der Waals surface area contributed by atoms with E-state index in [1.807, 2.05) is 17.2 Å². The molecule has 2 aromatic heterocycles. The van der Waals surface area contributed by atoms with E-state index in [0.29, 0.717) is 5.52 Å². The topological polar surface area (TPSA) is 133 Å². The first-order valence-electron chi connectivity index (χ1n) is 12.2. The fourth-order valence-corrected chi connectivity index (χ4v) is 6.32. The normalized spacial score (nSPS) is 19.1. The summed E-state index contributed by atoms with van der Waals surface area (Å²) in [5.74, 6) is 0.624. The number of amides is 1. The van der Waals surface area contributed by atoms with Gasteiger partial charge in [-0.2, -0.15) is 0 Å². The Bertz CT molecular complexity index is 1250. The lowest BCUT2D eigenvalue weighted by molar-refractivity contribution is -0.138. The van der Waals surface area contributed by atoms with E-state index in [4.69, 9.17) is 5.73 Å². The highest BCUT2D eigenvalue weighted by Gasteiger charge is 2.32. The average Bonchev–Trinajstić information content (AvgIpc) is 3.28. The molecule has 1 unspecified atom stereocenters. The monoisotopic (exact) mass is 528 g/mol. The van der Waals surface area contributed by atoms with Gasteiger partial charge < -0.3 is 19.8 Å². The third-order valence-corrected chi connectivity index (χ3v) is 8.51. The molecule has 0 aliphatic carbocycles. The van der Waals surface area contributed by atoms with Crippen molar-refractivity contribution in [2.45, 2.75) is 48.3 Å². The van der Waals surface area contributed by atoms with Crippen LogP contribution in [0.5, 0.6) is 0 Å². The number of nitrogens with zero attached hydrogens (tertiary/aromatic N) is 6. The molecular formula is C24H30N7O3S2-. The largest absolute Gasteiger partial charge is 0.768 e. The van der Waals surface area contributed by atoms with E-state index in [1.54, 1.807) is 36.3 Å². The van der Waals surface area contributed by atoms with Crippen molar-refractivity contribution in [3.05, 3.63) is 36.2 Å². The predicted molar refractivity (Wildman–Crippen MR) is 138 cm³/mol. The maximum absolute atomic E-state index is 13.3. The molecule has 2 saturated heterocycles. The first-order valence-corrected chi connectivity index (χ1v) is 14.5. The van der Waals surface area contributed by atoms with E-state index in [9.17, 15) is 13.6 Å². The number of fused-ring (bicyclic) bond motifs is 1. The summed E-state index contributed by atoms with van der Waals surface area (Å²) >= 11 is -0.720. The van der Waals surface area contributed by atoms with Gasteiger partial charge in [-0.1, -0.05) is 11.8 Å². The molecular weight excluding hydrogens is 498 g/mol. The lowest BCUT2D eigenvalue weighted by Crippen LogP contribution is -2.45. The van der Waals surface area contributed by atoms with Crippen molar-refractivity contribution in [1.29, 1.82) is 0 Å². The van der Waals surface area contributed by atoms with Gasteiger partial charge in [0.25, 0.3) is 0 Å². The molecule has 2 aliphatic rings. The molecule has 10 nitrogen and oxygen atoms in total. The van der Waals surface area contributed by atoms with Crippen LogP contribution in [0.25, 0.3) is 11.0 Å². The van der Waals surface area contributed by atoms with Crippen LogP contribution in [-0.2, 0) is 22.4 Å². The Morgan fingerprint density at radius 2 is 1.83 bits per heavy atom. The molecule has 192 valence electrons. The van der Waals surface area contributed by atoms with Crippen molar-refractivity contribution in [1.82, 2.24) is 29.3 Å². The fraction of sp³-hybridized carbons (Fsp3) is 0.500. The minimum atomic E-state index is -2.28. The van der Waals surface area contributed by atoms with Crippen LogP contribution in [0.15, 0.2) is 40.6 Å². The molecule has 2 N–H and O–H groups in total. The van der Waals surface area contributed by atoms with Gasteiger partial charge in [0.15, 0.2) is 5.16 Å². The molecule has 0 radical (unpaired) electrons. The second-order valence-corrected chi connectivity index (χ2v) is 11.1. The zero-order valence-corrected chi connectivity index (χ0v) is 21.8. The summed E-state index contributed by atoms with van der Waals surface area (Å²) in [6.07, 6.45) is 8.95. The Kier molecular flexibility index (Phi) is 7.56. The highest BCUT2D eigenvalue weighted by Crippen LogP contribution is 2.34. The van der Waals surface area contributed by atoms with Crippen LogP contribution in [0.3, 0.4) is 0 Å². The van der Waals surface area contributed by atoms with E-state index in [2.05, 4.69) is 24.4 Å². The molecule has 3 aromatic rings. The van der Waals surface area contributed by atoms with E-state index < -0.39 is 11.1 Å². The maximum atomic E-state index is 13.3. The summed E-state index contributed by atoms with van der Waals surface area (Å²) < 4.78 is 24.9. The zero-order chi connectivity index (χ0) is 25.2. The predicted octanol–water partition coefficient (Wildman–Crippen LogP) is 2.44. The van der Waals surface area contributed by atoms with Crippen molar-refractivity contribution >= 4 is 45.7 Å². The molecule has 0 saturated carbocycles. The third-order valence-electron chi connectivity index (χ3n) is 7.21. The number of hydrogen-bond acceptors (Lipinski definition) is 9. The minimum Gasteiger partial charge on any atom is -0.768 e. The first kappa shape index (κ1) is 25.1. The summed E-state index contributed by atoms with van der Waals surface area (Å²) in [6, 6.07) is 5.32. The van der Waals surface area contributed by atoms with Gasteiger partial charge in [-0.3, -0.25) is 13.9 Å². The second-order valence-electron chi connectivity index (χ2n) is 9.41. The molecule has 12 heteroatoms. The van der Waals surface area contributed by atoms with Gasteiger partial charge in [0.2, 0.25) is 11.9 Å². The Morgan fingerprint density at radius 3 is 2.47 bits per heavy atom. The van der Waals surface area contributed by atoms with E-state index in [0.717, 1.165) is 74.6 Å². The minimum absolute atomic E-state index is 0.0719. The third kappa shape index (κ3) is 5.26. The van der Waals surface area contributed by atoms with Crippen molar-refractivity contribution in [3.8, 4) is 0 Å². The van der Waals surface area contributed by atoms with Crippen molar-refractivity contribution in [2.75, 3.05) is 38.2 Å². The number of anilines is 1. The summed E-state index contributed by atoms with van der Waals surface area (Å²) in [4.78, 5) is 30.7. The molecule has 1 aromatic carbocycles. The molecule has 1 atom stereocenters. The number of benzene rings is 1. The van der Waals surface area contributed by atoms with Crippen LogP contribution in [0.1, 0.15) is 37.3 Å². The summed E-state index contributed by atoms with van der Waals surface area (Å²) in [7, 11) is 0. The molecule has 0 spiro atoms. The van der Waals surface area contributed by atoms with Crippen LogP contribution < -0.4 is 5.73 Å². The number of likely N-dealkylation sites (tertiary alicyclic amines) is 2. The summed E-state index contributed by atoms with van der Waals surface area (Å²) in [5.41, 5.74) is 8.23. The zero-order valence-electron chi connectivity index (χ0n) is 20.2. The van der Waals surface area contributed by atoms with E-state index in [1.165, 1.54) is 0 Å². The van der Waals surface area contributed by atoms with Crippen molar-refractivity contribution in [2.24, 2.45) is 5.92 Å². The summed E-state index contributed by atoms with van der Waals surface area (Å²) in [5, 5.41) is 0.877. The number of nitrogen functional groups attached to an aromatic ring is 1. The molecule has 36 heavy (non-hydrogen) atoms. The quantitative estimate of drug-likeness (QED) is 0.378. The van der Waals surface area contributed by atoms with Gasteiger partial charge in [0.1, 0.15) is 0 Å². The Labute approximate surface area is 217 Å².